The van der Waals surface area contributed by atoms with E-state index in [9.17, 15) is 0 Å². The van der Waals surface area contributed by atoms with Crippen LogP contribution in [0.15, 0.2) is 30.3 Å². The zero-order valence-corrected chi connectivity index (χ0v) is 11.1. The van der Waals surface area contributed by atoms with E-state index >= 15 is 0 Å². The summed E-state index contributed by atoms with van der Waals surface area (Å²) in [6, 6.07) is 9.82. The van der Waals surface area contributed by atoms with Gasteiger partial charge in [0.15, 0.2) is 5.82 Å². The maximum absolute atomic E-state index is 5.57. The normalized spacial score (nSPS) is 19.1. The maximum Gasteiger partial charge on any atom is 0.170 e. The molecule has 0 bridgehead atoms. The second kappa shape index (κ2) is 6.56. The highest BCUT2D eigenvalue weighted by atomic mass is 16.6. The van der Waals surface area contributed by atoms with Crippen molar-refractivity contribution in [1.82, 2.24) is 25.5 Å². The number of ether oxygens (including phenoxy) is 2. The molecule has 0 spiro atoms. The first-order valence-electron chi connectivity index (χ1n) is 6.66. The monoisotopic (exact) mass is 275 g/mol. The van der Waals surface area contributed by atoms with E-state index in [0.717, 1.165) is 18.1 Å². The Balaban J connectivity index is 1.57. The summed E-state index contributed by atoms with van der Waals surface area (Å²) < 4.78 is 12.6. The molecular formula is C13H17N5O2. The summed E-state index contributed by atoms with van der Waals surface area (Å²) in [5.74, 6) is 0.771. The number of tetrazole rings is 1. The van der Waals surface area contributed by atoms with Gasteiger partial charge in [-0.15, -0.1) is 5.10 Å². The number of hydrogen-bond donors (Lipinski definition) is 1. The van der Waals surface area contributed by atoms with Crippen molar-refractivity contribution in [2.75, 3.05) is 26.4 Å². The lowest BCUT2D eigenvalue weighted by Crippen LogP contribution is -2.37. The Morgan fingerprint density at radius 1 is 1.25 bits per heavy atom. The highest BCUT2D eigenvalue weighted by Gasteiger charge is 2.14. The van der Waals surface area contributed by atoms with Crippen LogP contribution < -0.4 is 5.32 Å². The van der Waals surface area contributed by atoms with Gasteiger partial charge in [-0.3, -0.25) is 0 Å². The third-order valence-electron chi connectivity index (χ3n) is 3.07. The van der Waals surface area contributed by atoms with Crippen molar-refractivity contribution >= 4 is 0 Å². The predicted molar refractivity (Wildman–Crippen MR) is 71.4 cm³/mol. The van der Waals surface area contributed by atoms with E-state index in [1.165, 1.54) is 0 Å². The molecule has 0 saturated carbocycles. The summed E-state index contributed by atoms with van der Waals surface area (Å²) in [6.07, 6.45) is 0.102. The number of aromatic nitrogens is 4. The van der Waals surface area contributed by atoms with Gasteiger partial charge in [0.05, 0.1) is 38.2 Å². The van der Waals surface area contributed by atoms with Gasteiger partial charge in [0.1, 0.15) is 0 Å². The van der Waals surface area contributed by atoms with Crippen molar-refractivity contribution in [1.29, 1.82) is 0 Å². The fourth-order valence-corrected chi connectivity index (χ4v) is 2.09. The molecule has 0 radical (unpaired) electrons. The molecule has 20 heavy (non-hydrogen) atoms. The van der Waals surface area contributed by atoms with Crippen molar-refractivity contribution in [2.24, 2.45) is 0 Å². The Morgan fingerprint density at radius 2 is 2.15 bits per heavy atom. The lowest BCUT2D eigenvalue weighted by Gasteiger charge is -2.23. The molecule has 0 aliphatic carbocycles. The minimum absolute atomic E-state index is 0.102. The SMILES string of the molecule is c1ccc(-n2nnnc2CNCC2COCCO2)cc1. The molecule has 1 saturated heterocycles. The van der Waals surface area contributed by atoms with Crippen LogP contribution in [0.25, 0.3) is 5.69 Å². The second-order valence-corrected chi connectivity index (χ2v) is 4.54. The van der Waals surface area contributed by atoms with Crippen LogP contribution in [0.1, 0.15) is 5.82 Å². The highest BCUT2D eigenvalue weighted by molar-refractivity contribution is 5.30. The smallest absolute Gasteiger partial charge is 0.170 e. The molecular weight excluding hydrogens is 258 g/mol. The van der Waals surface area contributed by atoms with Gasteiger partial charge in [0.2, 0.25) is 0 Å². The molecule has 1 aromatic carbocycles. The zero-order valence-electron chi connectivity index (χ0n) is 11.1. The van der Waals surface area contributed by atoms with Crippen molar-refractivity contribution < 1.29 is 9.47 Å². The second-order valence-electron chi connectivity index (χ2n) is 4.54. The Morgan fingerprint density at radius 3 is 2.95 bits per heavy atom. The third kappa shape index (κ3) is 3.19. The van der Waals surface area contributed by atoms with Crippen LogP contribution in [0.4, 0.5) is 0 Å². The van der Waals surface area contributed by atoms with E-state index in [-0.39, 0.29) is 6.10 Å². The van der Waals surface area contributed by atoms with Crippen molar-refractivity contribution in [3.05, 3.63) is 36.2 Å². The van der Waals surface area contributed by atoms with Gasteiger partial charge in [0, 0.05) is 6.54 Å². The van der Waals surface area contributed by atoms with Gasteiger partial charge in [-0.2, -0.15) is 4.68 Å². The van der Waals surface area contributed by atoms with Gasteiger partial charge in [-0.05, 0) is 22.6 Å². The Labute approximate surface area is 116 Å². The fourth-order valence-electron chi connectivity index (χ4n) is 2.09. The van der Waals surface area contributed by atoms with E-state index < -0.39 is 0 Å². The van der Waals surface area contributed by atoms with Crippen molar-refractivity contribution in [3.63, 3.8) is 0 Å². The molecule has 7 nitrogen and oxygen atoms in total. The first-order chi connectivity index (χ1) is 9.93. The van der Waals surface area contributed by atoms with E-state index in [4.69, 9.17) is 9.47 Å². The van der Waals surface area contributed by atoms with Gasteiger partial charge in [0.25, 0.3) is 0 Å². The van der Waals surface area contributed by atoms with E-state index in [0.29, 0.717) is 26.4 Å². The summed E-state index contributed by atoms with van der Waals surface area (Å²) in [4.78, 5) is 0. The summed E-state index contributed by atoms with van der Waals surface area (Å²) in [6.45, 7) is 3.29. The highest BCUT2D eigenvalue weighted by Crippen LogP contribution is 2.06. The van der Waals surface area contributed by atoms with Crippen molar-refractivity contribution in [2.45, 2.75) is 12.6 Å². The number of benzene rings is 1. The van der Waals surface area contributed by atoms with Crippen LogP contribution in [0.3, 0.4) is 0 Å². The van der Waals surface area contributed by atoms with Crippen LogP contribution >= 0.6 is 0 Å². The van der Waals surface area contributed by atoms with Crippen LogP contribution in [0, 0.1) is 0 Å². The lowest BCUT2D eigenvalue weighted by atomic mass is 10.3. The topological polar surface area (TPSA) is 74.1 Å². The summed E-state index contributed by atoms with van der Waals surface area (Å²) in [5, 5.41) is 15.1. The molecule has 1 N–H and O–H groups in total. The van der Waals surface area contributed by atoms with Gasteiger partial charge < -0.3 is 14.8 Å². The van der Waals surface area contributed by atoms with Crippen molar-refractivity contribution in [3.8, 4) is 5.69 Å². The van der Waals surface area contributed by atoms with Crippen LogP contribution in [0.2, 0.25) is 0 Å². The maximum atomic E-state index is 5.57. The number of nitrogens with one attached hydrogen (secondary N) is 1. The van der Waals surface area contributed by atoms with Gasteiger partial charge in [-0.25, -0.2) is 0 Å². The molecule has 3 rings (SSSR count). The molecule has 106 valence electrons. The molecule has 1 unspecified atom stereocenters. The molecule has 1 aliphatic rings. The molecule has 2 heterocycles. The standard InChI is InChI=1S/C13H17N5O2/c1-2-4-11(5-3-1)18-13(15-16-17-18)9-14-8-12-10-19-6-7-20-12/h1-5,12,14H,6-10H2. The number of hydrogen-bond acceptors (Lipinski definition) is 6. The van der Waals surface area contributed by atoms with Gasteiger partial charge >= 0.3 is 0 Å². The van der Waals surface area contributed by atoms with E-state index in [1.54, 1.807) is 4.68 Å². The third-order valence-corrected chi connectivity index (χ3v) is 3.07. The molecule has 0 amide bonds. The average Bonchev–Trinajstić information content (AvgIpc) is 2.98. The number of nitrogens with zero attached hydrogens (tertiary/aromatic N) is 4. The van der Waals surface area contributed by atoms with E-state index in [1.807, 2.05) is 30.3 Å². The summed E-state index contributed by atoms with van der Waals surface area (Å²) in [7, 11) is 0. The minimum Gasteiger partial charge on any atom is -0.376 e. The molecule has 7 heteroatoms. The minimum atomic E-state index is 0.102. The lowest BCUT2D eigenvalue weighted by molar-refractivity contribution is -0.0865. The van der Waals surface area contributed by atoms with Crippen LogP contribution in [-0.2, 0) is 16.0 Å². The fraction of sp³-hybridized carbons (Fsp3) is 0.462. The van der Waals surface area contributed by atoms with E-state index in [2.05, 4.69) is 20.8 Å². The predicted octanol–water partition coefficient (Wildman–Crippen LogP) is 0.167. The Kier molecular flexibility index (Phi) is 4.32. The average molecular weight is 275 g/mol. The quantitative estimate of drug-likeness (QED) is 0.838. The largest absolute Gasteiger partial charge is 0.376 e. The molecule has 1 atom stereocenters. The van der Waals surface area contributed by atoms with Gasteiger partial charge in [-0.1, -0.05) is 18.2 Å². The first kappa shape index (κ1) is 13.2. The molecule has 1 aliphatic heterocycles. The Hall–Kier alpha value is -1.83. The van der Waals surface area contributed by atoms with Crippen LogP contribution in [-0.4, -0.2) is 52.7 Å². The van der Waals surface area contributed by atoms with Crippen LogP contribution in [0.5, 0.6) is 0 Å². The molecule has 1 aromatic heterocycles. The zero-order chi connectivity index (χ0) is 13.6. The molecule has 2 aromatic rings. The number of para-hydroxylation sites is 1. The summed E-state index contributed by atoms with van der Waals surface area (Å²) >= 11 is 0. The first-order valence-corrected chi connectivity index (χ1v) is 6.66. The number of rotatable bonds is 5. The summed E-state index contributed by atoms with van der Waals surface area (Å²) in [5.41, 5.74) is 0.951. The Bertz CT molecular complexity index is 525. The molecule has 1 fully saturated rings.